The van der Waals surface area contributed by atoms with Gasteiger partial charge in [-0.1, -0.05) is 13.8 Å². The van der Waals surface area contributed by atoms with Crippen molar-refractivity contribution in [2.75, 3.05) is 6.54 Å². The second-order valence-corrected chi connectivity index (χ2v) is 5.01. The Kier molecular flexibility index (Phi) is 4.11. The van der Waals surface area contributed by atoms with Crippen LogP contribution in [0.15, 0.2) is 12.4 Å². The number of rotatable bonds is 5. The van der Waals surface area contributed by atoms with Crippen LogP contribution in [0.5, 0.6) is 0 Å². The molecule has 0 unspecified atom stereocenters. The number of hydrogen-bond acceptors (Lipinski definition) is 3. The van der Waals surface area contributed by atoms with Crippen LogP contribution in [0.1, 0.15) is 39.2 Å². The molecule has 0 atom stereocenters. The molecule has 1 aromatic rings. The summed E-state index contributed by atoms with van der Waals surface area (Å²) < 4.78 is 1.56. The maximum atomic E-state index is 11.9. The van der Waals surface area contributed by atoms with Crippen LogP contribution in [0.25, 0.3) is 0 Å². The van der Waals surface area contributed by atoms with E-state index >= 15 is 0 Å². The first-order chi connectivity index (χ1) is 8.25. The normalized spacial score (nSPS) is 11.6. The third-order valence-corrected chi connectivity index (χ3v) is 2.80. The lowest BCUT2D eigenvalue weighted by molar-refractivity contribution is -0.139. The Morgan fingerprint density at radius 3 is 2.56 bits per heavy atom. The summed E-state index contributed by atoms with van der Waals surface area (Å²) in [6, 6.07) is 0. The van der Waals surface area contributed by atoms with Crippen LogP contribution in [0.3, 0.4) is 0 Å². The van der Waals surface area contributed by atoms with Gasteiger partial charge in [-0.2, -0.15) is 5.10 Å². The van der Waals surface area contributed by atoms with Crippen LogP contribution in [-0.4, -0.2) is 33.3 Å². The molecule has 0 bridgehead atoms. The summed E-state index contributed by atoms with van der Waals surface area (Å²) in [5.74, 6) is -1.11. The Bertz CT molecular complexity index is 449. The Morgan fingerprint density at radius 2 is 2.11 bits per heavy atom. The van der Waals surface area contributed by atoms with Gasteiger partial charge in [-0.3, -0.25) is 14.3 Å². The number of aromatic nitrogens is 2. The molecule has 18 heavy (non-hydrogen) atoms. The van der Waals surface area contributed by atoms with Crippen molar-refractivity contribution in [2.45, 2.75) is 39.2 Å². The lowest BCUT2D eigenvalue weighted by Crippen LogP contribution is -2.46. The first-order valence-electron chi connectivity index (χ1n) is 5.80. The summed E-state index contributed by atoms with van der Waals surface area (Å²) in [6.45, 7) is 7.08. The van der Waals surface area contributed by atoms with Crippen molar-refractivity contribution in [3.05, 3.63) is 18.0 Å². The third-order valence-electron chi connectivity index (χ3n) is 2.80. The molecular formula is C12H19N3O3. The molecule has 0 saturated heterocycles. The van der Waals surface area contributed by atoms with Crippen molar-refractivity contribution < 1.29 is 14.7 Å². The highest BCUT2D eigenvalue weighted by molar-refractivity contribution is 5.86. The van der Waals surface area contributed by atoms with E-state index in [2.05, 4.69) is 10.4 Å². The molecule has 6 nitrogen and oxygen atoms in total. The molecule has 0 spiro atoms. The standard InChI is InChI=1S/C12H19N3O3/c1-8(2)9-5-14-15(7-9)12(3,4)11(18)13-6-10(16)17/h5,7-8H,6H2,1-4H3,(H,13,18)(H,16,17). The van der Waals surface area contributed by atoms with Gasteiger partial charge in [-0.25, -0.2) is 0 Å². The van der Waals surface area contributed by atoms with Crippen LogP contribution < -0.4 is 5.32 Å². The van der Waals surface area contributed by atoms with Gasteiger partial charge in [0.05, 0.1) is 6.20 Å². The second kappa shape index (κ2) is 5.20. The summed E-state index contributed by atoms with van der Waals surface area (Å²) in [5.41, 5.74) is 0.122. The lowest BCUT2D eigenvalue weighted by atomic mass is 10.0. The number of nitrogens with one attached hydrogen (secondary N) is 1. The Labute approximate surface area is 106 Å². The van der Waals surface area contributed by atoms with E-state index in [1.807, 2.05) is 20.0 Å². The number of carboxylic acids is 1. The van der Waals surface area contributed by atoms with E-state index in [1.165, 1.54) is 0 Å². The van der Waals surface area contributed by atoms with E-state index in [9.17, 15) is 9.59 Å². The summed E-state index contributed by atoms with van der Waals surface area (Å²) in [6.07, 6.45) is 3.53. The number of nitrogens with zero attached hydrogens (tertiary/aromatic N) is 2. The zero-order valence-corrected chi connectivity index (χ0v) is 11.1. The summed E-state index contributed by atoms with van der Waals surface area (Å²) >= 11 is 0. The molecule has 0 aliphatic rings. The molecule has 1 heterocycles. The van der Waals surface area contributed by atoms with Crippen LogP contribution in [0.4, 0.5) is 0 Å². The average Bonchev–Trinajstić information content (AvgIpc) is 2.75. The fourth-order valence-electron chi connectivity index (χ4n) is 1.42. The molecule has 0 aliphatic carbocycles. The van der Waals surface area contributed by atoms with Crippen molar-refractivity contribution >= 4 is 11.9 Å². The molecule has 0 saturated carbocycles. The highest BCUT2D eigenvalue weighted by Crippen LogP contribution is 2.19. The fourth-order valence-corrected chi connectivity index (χ4v) is 1.42. The van der Waals surface area contributed by atoms with Gasteiger partial charge < -0.3 is 10.4 Å². The smallest absolute Gasteiger partial charge is 0.322 e. The van der Waals surface area contributed by atoms with Gasteiger partial charge in [0, 0.05) is 6.20 Å². The molecular weight excluding hydrogens is 234 g/mol. The number of carbonyl (C=O) groups is 2. The van der Waals surface area contributed by atoms with Crippen molar-refractivity contribution in [1.82, 2.24) is 15.1 Å². The molecule has 1 rings (SSSR count). The quantitative estimate of drug-likeness (QED) is 0.818. The van der Waals surface area contributed by atoms with Crippen molar-refractivity contribution in [3.8, 4) is 0 Å². The first-order valence-corrected chi connectivity index (χ1v) is 5.80. The highest BCUT2D eigenvalue weighted by Gasteiger charge is 2.30. The van der Waals surface area contributed by atoms with Crippen molar-refractivity contribution in [2.24, 2.45) is 0 Å². The van der Waals surface area contributed by atoms with Gasteiger partial charge in [0.15, 0.2) is 0 Å². The second-order valence-electron chi connectivity index (χ2n) is 5.01. The SMILES string of the molecule is CC(C)c1cnn(C(C)(C)C(=O)NCC(=O)O)c1. The van der Waals surface area contributed by atoms with E-state index in [0.717, 1.165) is 5.56 Å². The monoisotopic (exact) mass is 253 g/mol. The van der Waals surface area contributed by atoms with E-state index in [-0.39, 0.29) is 12.5 Å². The average molecular weight is 253 g/mol. The van der Waals surface area contributed by atoms with Crippen LogP contribution in [0, 0.1) is 0 Å². The van der Waals surface area contributed by atoms with Crippen molar-refractivity contribution in [1.29, 1.82) is 0 Å². The van der Waals surface area contributed by atoms with Crippen LogP contribution >= 0.6 is 0 Å². The largest absolute Gasteiger partial charge is 0.480 e. The number of carbonyl (C=O) groups excluding carboxylic acids is 1. The summed E-state index contributed by atoms with van der Waals surface area (Å²) in [7, 11) is 0. The van der Waals surface area contributed by atoms with Crippen LogP contribution in [0.2, 0.25) is 0 Å². The van der Waals surface area contributed by atoms with Gasteiger partial charge in [0.2, 0.25) is 5.91 Å². The van der Waals surface area contributed by atoms with E-state index in [4.69, 9.17) is 5.11 Å². The minimum atomic E-state index is -1.07. The minimum Gasteiger partial charge on any atom is -0.480 e. The zero-order chi connectivity index (χ0) is 13.9. The molecule has 6 heteroatoms. The molecule has 100 valence electrons. The third kappa shape index (κ3) is 3.09. The fraction of sp³-hybridized carbons (Fsp3) is 0.583. The minimum absolute atomic E-state index is 0.330. The Morgan fingerprint density at radius 1 is 1.50 bits per heavy atom. The number of hydrogen-bond donors (Lipinski definition) is 2. The highest BCUT2D eigenvalue weighted by atomic mass is 16.4. The van der Waals surface area contributed by atoms with E-state index < -0.39 is 11.5 Å². The van der Waals surface area contributed by atoms with Gasteiger partial charge in [0.1, 0.15) is 12.1 Å². The molecule has 2 N–H and O–H groups in total. The van der Waals surface area contributed by atoms with Gasteiger partial charge in [-0.15, -0.1) is 0 Å². The maximum Gasteiger partial charge on any atom is 0.322 e. The van der Waals surface area contributed by atoms with Gasteiger partial charge in [-0.05, 0) is 25.3 Å². The maximum absolute atomic E-state index is 11.9. The predicted octanol–water partition coefficient (Wildman–Crippen LogP) is 0.942. The van der Waals surface area contributed by atoms with E-state index in [0.29, 0.717) is 5.92 Å². The summed E-state index contributed by atoms with van der Waals surface area (Å²) in [5, 5.41) is 15.1. The van der Waals surface area contributed by atoms with Gasteiger partial charge >= 0.3 is 5.97 Å². The lowest BCUT2D eigenvalue weighted by Gasteiger charge is -2.23. The van der Waals surface area contributed by atoms with Gasteiger partial charge in [0.25, 0.3) is 0 Å². The molecule has 0 aliphatic heterocycles. The molecule has 0 radical (unpaired) electrons. The summed E-state index contributed by atoms with van der Waals surface area (Å²) in [4.78, 5) is 22.3. The Hall–Kier alpha value is -1.85. The van der Waals surface area contributed by atoms with E-state index in [1.54, 1.807) is 24.7 Å². The molecule has 1 aromatic heterocycles. The van der Waals surface area contributed by atoms with Crippen molar-refractivity contribution in [3.63, 3.8) is 0 Å². The Balaban J connectivity index is 2.83. The number of carboxylic acid groups (broad SMARTS) is 1. The topological polar surface area (TPSA) is 84.2 Å². The number of aliphatic carboxylic acids is 1. The number of amides is 1. The molecule has 0 fully saturated rings. The van der Waals surface area contributed by atoms with Crippen LogP contribution in [-0.2, 0) is 15.1 Å². The first kappa shape index (κ1) is 14.2. The predicted molar refractivity (Wildman–Crippen MR) is 66.3 cm³/mol. The zero-order valence-electron chi connectivity index (χ0n) is 11.1. The molecule has 0 aromatic carbocycles. The molecule has 1 amide bonds.